The van der Waals surface area contributed by atoms with Gasteiger partial charge in [0.25, 0.3) is 0 Å². The lowest BCUT2D eigenvalue weighted by molar-refractivity contribution is -0.199. The molecule has 0 amide bonds. The highest BCUT2D eigenvalue weighted by Crippen LogP contribution is 2.38. The van der Waals surface area contributed by atoms with Gasteiger partial charge in [-0.1, -0.05) is 0 Å². The first-order valence-electron chi connectivity index (χ1n) is 4.02. The second kappa shape index (κ2) is 2.29. The summed E-state index contributed by atoms with van der Waals surface area (Å²) in [7, 11) is 1.55. The van der Waals surface area contributed by atoms with E-state index in [-0.39, 0.29) is 11.7 Å². The van der Waals surface area contributed by atoms with Crippen LogP contribution in [-0.2, 0) is 14.3 Å². The van der Waals surface area contributed by atoms with Gasteiger partial charge in [-0.2, -0.15) is 0 Å². The zero-order chi connectivity index (χ0) is 7.90. The van der Waals surface area contributed by atoms with Crippen molar-refractivity contribution in [3.8, 4) is 0 Å². The molecule has 3 heteroatoms. The average molecular weight is 156 g/mol. The fraction of sp³-hybridized carbons (Fsp3) is 0.875. The van der Waals surface area contributed by atoms with Crippen LogP contribution in [0.2, 0.25) is 0 Å². The van der Waals surface area contributed by atoms with Gasteiger partial charge in [-0.3, -0.25) is 4.79 Å². The van der Waals surface area contributed by atoms with Crippen LogP contribution in [0, 0.1) is 5.92 Å². The highest BCUT2D eigenvalue weighted by molar-refractivity contribution is 5.90. The van der Waals surface area contributed by atoms with Crippen molar-refractivity contribution in [2.24, 2.45) is 5.92 Å². The monoisotopic (exact) mass is 156 g/mol. The summed E-state index contributed by atoms with van der Waals surface area (Å²) in [4.78, 5) is 11.5. The van der Waals surface area contributed by atoms with Crippen molar-refractivity contribution in [2.45, 2.75) is 25.0 Å². The first-order chi connectivity index (χ1) is 5.28. The Bertz CT molecular complexity index is 186. The molecule has 2 unspecified atom stereocenters. The smallest absolute Gasteiger partial charge is 0.229 e. The van der Waals surface area contributed by atoms with Crippen molar-refractivity contribution < 1.29 is 14.3 Å². The zero-order valence-corrected chi connectivity index (χ0v) is 6.63. The van der Waals surface area contributed by atoms with Crippen LogP contribution in [0.1, 0.15) is 19.3 Å². The molecule has 1 saturated heterocycles. The lowest BCUT2D eigenvalue weighted by atomic mass is 9.87. The number of hydrogen-bond acceptors (Lipinski definition) is 3. The number of rotatable bonds is 1. The molecule has 2 bridgehead atoms. The second-order valence-electron chi connectivity index (χ2n) is 3.22. The molecule has 0 radical (unpaired) electrons. The Hall–Kier alpha value is -0.410. The van der Waals surface area contributed by atoms with Crippen LogP contribution in [0.15, 0.2) is 0 Å². The predicted molar refractivity (Wildman–Crippen MR) is 38.0 cm³/mol. The summed E-state index contributed by atoms with van der Waals surface area (Å²) in [6.45, 7) is 0.562. The van der Waals surface area contributed by atoms with E-state index >= 15 is 0 Å². The first-order valence-corrected chi connectivity index (χ1v) is 4.02. The molecular weight excluding hydrogens is 144 g/mol. The van der Waals surface area contributed by atoms with Crippen molar-refractivity contribution in [2.75, 3.05) is 13.7 Å². The topological polar surface area (TPSA) is 35.5 Å². The Labute approximate surface area is 65.7 Å². The molecule has 1 saturated carbocycles. The highest BCUT2D eigenvalue weighted by Gasteiger charge is 2.52. The summed E-state index contributed by atoms with van der Waals surface area (Å²) in [5, 5.41) is 0. The first kappa shape index (κ1) is 7.25. The number of methoxy groups -OCH3 is 1. The van der Waals surface area contributed by atoms with Gasteiger partial charge in [-0.15, -0.1) is 0 Å². The van der Waals surface area contributed by atoms with Crippen LogP contribution in [0.4, 0.5) is 0 Å². The molecule has 0 N–H and O–H groups in total. The minimum absolute atomic E-state index is 0.115. The van der Waals surface area contributed by atoms with Gasteiger partial charge in [-0.05, 0) is 12.8 Å². The summed E-state index contributed by atoms with van der Waals surface area (Å²) < 4.78 is 10.5. The van der Waals surface area contributed by atoms with Crippen LogP contribution >= 0.6 is 0 Å². The number of hydrogen-bond donors (Lipinski definition) is 0. The second-order valence-corrected chi connectivity index (χ2v) is 3.22. The number of carbonyl (C=O) groups is 1. The summed E-state index contributed by atoms with van der Waals surface area (Å²) in [5.74, 6) is -0.571. The SMILES string of the molecule is COC12CCCC(CO1)C2=O. The molecule has 62 valence electrons. The molecule has 1 heterocycles. The zero-order valence-electron chi connectivity index (χ0n) is 6.63. The molecule has 0 spiro atoms. The van der Waals surface area contributed by atoms with E-state index in [2.05, 4.69) is 0 Å². The van der Waals surface area contributed by atoms with Crippen LogP contribution in [0.3, 0.4) is 0 Å². The fourth-order valence-corrected chi connectivity index (χ4v) is 1.95. The standard InChI is InChI=1S/C8H12O3/c1-10-8-4-2-3-6(5-11-8)7(8)9/h6H,2-5H2,1H3. The minimum Gasteiger partial charge on any atom is -0.347 e. The molecule has 0 aromatic carbocycles. The summed E-state index contributed by atoms with van der Waals surface area (Å²) in [6.07, 6.45) is 2.76. The number of carbonyl (C=O) groups excluding carboxylic acids is 1. The Morgan fingerprint density at radius 2 is 2.55 bits per heavy atom. The molecule has 2 aliphatic rings. The Balaban J connectivity index is 2.26. The quantitative estimate of drug-likeness (QED) is 0.561. The molecule has 0 aromatic heterocycles. The number of fused-ring (bicyclic) bond motifs is 2. The summed E-state index contributed by atoms with van der Waals surface area (Å²) >= 11 is 0. The number of Topliss-reactive ketones (excluding diaryl/α,β-unsaturated/α-hetero) is 1. The van der Waals surface area contributed by atoms with E-state index in [1.54, 1.807) is 7.11 Å². The minimum atomic E-state index is -0.844. The molecule has 0 aromatic rings. The van der Waals surface area contributed by atoms with E-state index in [1.807, 2.05) is 0 Å². The third-order valence-electron chi connectivity index (χ3n) is 2.65. The lowest BCUT2D eigenvalue weighted by Crippen LogP contribution is -2.41. The molecule has 1 aliphatic carbocycles. The van der Waals surface area contributed by atoms with E-state index in [1.165, 1.54) is 0 Å². The van der Waals surface area contributed by atoms with Crippen molar-refractivity contribution in [3.05, 3.63) is 0 Å². The van der Waals surface area contributed by atoms with Crippen LogP contribution in [0.5, 0.6) is 0 Å². The van der Waals surface area contributed by atoms with E-state index < -0.39 is 5.79 Å². The van der Waals surface area contributed by atoms with E-state index in [9.17, 15) is 4.79 Å². The van der Waals surface area contributed by atoms with Crippen molar-refractivity contribution in [1.82, 2.24) is 0 Å². The fourth-order valence-electron chi connectivity index (χ4n) is 1.95. The van der Waals surface area contributed by atoms with E-state index in [4.69, 9.17) is 9.47 Å². The van der Waals surface area contributed by atoms with Crippen LogP contribution < -0.4 is 0 Å². The average Bonchev–Trinajstić information content (AvgIpc) is 2.25. The van der Waals surface area contributed by atoms with Crippen molar-refractivity contribution >= 4 is 5.78 Å². The maximum atomic E-state index is 11.5. The van der Waals surface area contributed by atoms with Gasteiger partial charge in [0.15, 0.2) is 5.78 Å². The molecule has 3 nitrogen and oxygen atoms in total. The lowest BCUT2D eigenvalue weighted by Gasteiger charge is -2.27. The highest BCUT2D eigenvalue weighted by atomic mass is 16.7. The van der Waals surface area contributed by atoms with Gasteiger partial charge in [0.05, 0.1) is 6.61 Å². The number of ether oxygens (including phenoxy) is 2. The van der Waals surface area contributed by atoms with Gasteiger partial charge in [-0.25, -0.2) is 0 Å². The molecular formula is C8H12O3. The van der Waals surface area contributed by atoms with Gasteiger partial charge in [0.1, 0.15) is 0 Å². The van der Waals surface area contributed by atoms with Gasteiger partial charge in [0, 0.05) is 19.4 Å². The van der Waals surface area contributed by atoms with Crippen molar-refractivity contribution in [3.63, 3.8) is 0 Å². The predicted octanol–water partition coefficient (Wildman–Crippen LogP) is 0.728. The molecule has 2 atom stereocenters. The Kier molecular flexibility index (Phi) is 1.51. The van der Waals surface area contributed by atoms with Crippen molar-refractivity contribution in [1.29, 1.82) is 0 Å². The summed E-state index contributed by atoms with van der Waals surface area (Å²) in [5.41, 5.74) is 0. The summed E-state index contributed by atoms with van der Waals surface area (Å²) in [6, 6.07) is 0. The van der Waals surface area contributed by atoms with E-state index in [0.29, 0.717) is 6.61 Å². The third kappa shape index (κ3) is 0.844. The third-order valence-corrected chi connectivity index (χ3v) is 2.65. The maximum absolute atomic E-state index is 11.5. The van der Waals surface area contributed by atoms with E-state index in [0.717, 1.165) is 19.3 Å². The molecule has 2 rings (SSSR count). The molecule has 2 fully saturated rings. The largest absolute Gasteiger partial charge is 0.347 e. The van der Waals surface area contributed by atoms with Crippen LogP contribution in [0.25, 0.3) is 0 Å². The number of ketones is 1. The van der Waals surface area contributed by atoms with Gasteiger partial charge < -0.3 is 9.47 Å². The molecule has 1 aliphatic heterocycles. The van der Waals surface area contributed by atoms with Gasteiger partial charge >= 0.3 is 0 Å². The molecule has 11 heavy (non-hydrogen) atoms. The Morgan fingerprint density at radius 1 is 1.73 bits per heavy atom. The maximum Gasteiger partial charge on any atom is 0.229 e. The van der Waals surface area contributed by atoms with Crippen LogP contribution in [-0.4, -0.2) is 25.3 Å². The van der Waals surface area contributed by atoms with Gasteiger partial charge in [0.2, 0.25) is 5.79 Å². The Morgan fingerprint density at radius 3 is 3.18 bits per heavy atom. The normalized spacial score (nSPS) is 43.0.